The van der Waals surface area contributed by atoms with Gasteiger partial charge in [0.1, 0.15) is 0 Å². The van der Waals surface area contributed by atoms with E-state index in [4.69, 9.17) is 4.98 Å². The molecule has 0 fully saturated rings. The van der Waals surface area contributed by atoms with E-state index in [2.05, 4.69) is 62.5 Å². The van der Waals surface area contributed by atoms with Crippen molar-refractivity contribution < 1.29 is 0 Å². The Morgan fingerprint density at radius 2 is 2.05 bits per heavy atom. The van der Waals surface area contributed by atoms with Crippen LogP contribution in [0.2, 0.25) is 0 Å². The van der Waals surface area contributed by atoms with Crippen molar-refractivity contribution in [1.29, 1.82) is 0 Å². The van der Waals surface area contributed by atoms with E-state index in [9.17, 15) is 0 Å². The summed E-state index contributed by atoms with van der Waals surface area (Å²) in [5.74, 6) is 0.467. The Hall–Kier alpha value is -0.910. The zero-order valence-electron chi connectivity index (χ0n) is 13.5. The average molecular weight is 324 g/mol. The highest BCUT2D eigenvalue weighted by atomic mass is 32.1. The Bertz CT molecular complexity index is 544. The number of anilines is 1. The lowest BCUT2D eigenvalue weighted by molar-refractivity contribution is 0.588. The number of rotatable bonds is 7. The maximum atomic E-state index is 4.88. The van der Waals surface area contributed by atoms with E-state index in [-0.39, 0.29) is 0 Å². The van der Waals surface area contributed by atoms with E-state index in [0.717, 1.165) is 18.2 Å². The Morgan fingerprint density at radius 3 is 2.62 bits per heavy atom. The average Bonchev–Trinajstić information content (AvgIpc) is 3.04. The molecule has 2 rings (SSSR count). The quantitative estimate of drug-likeness (QED) is 0.815. The second-order valence-electron chi connectivity index (χ2n) is 5.93. The van der Waals surface area contributed by atoms with E-state index < -0.39 is 0 Å². The maximum Gasteiger partial charge on any atom is 0.185 e. The molecule has 0 aliphatic heterocycles. The smallest absolute Gasteiger partial charge is 0.185 e. The second kappa shape index (κ2) is 7.38. The molecule has 0 bridgehead atoms. The van der Waals surface area contributed by atoms with Gasteiger partial charge in [-0.25, -0.2) is 4.98 Å². The van der Waals surface area contributed by atoms with Gasteiger partial charge < -0.3 is 10.2 Å². The largest absolute Gasteiger partial charge is 0.346 e. The molecular formula is C16H25N3S2. The minimum Gasteiger partial charge on any atom is -0.346 e. The molecule has 0 spiro atoms. The molecule has 5 heteroatoms. The van der Waals surface area contributed by atoms with Crippen molar-refractivity contribution in [2.75, 3.05) is 11.9 Å². The summed E-state index contributed by atoms with van der Waals surface area (Å²) in [6.45, 7) is 10.6. The fourth-order valence-electron chi connectivity index (χ4n) is 2.09. The highest BCUT2D eigenvalue weighted by Crippen LogP contribution is 2.31. The summed E-state index contributed by atoms with van der Waals surface area (Å²) < 4.78 is 0. The summed E-state index contributed by atoms with van der Waals surface area (Å²) in [6.07, 6.45) is 0. The summed E-state index contributed by atoms with van der Waals surface area (Å²) in [6, 6.07) is 4.78. The van der Waals surface area contributed by atoms with Crippen LogP contribution in [-0.2, 0) is 13.1 Å². The van der Waals surface area contributed by atoms with Gasteiger partial charge in [0.25, 0.3) is 0 Å². The van der Waals surface area contributed by atoms with Gasteiger partial charge in [0.15, 0.2) is 5.13 Å². The Morgan fingerprint density at radius 1 is 1.29 bits per heavy atom. The van der Waals surface area contributed by atoms with Crippen molar-refractivity contribution in [3.8, 4) is 0 Å². The number of hydrogen-bond donors (Lipinski definition) is 1. The first-order chi connectivity index (χ1) is 9.97. The summed E-state index contributed by atoms with van der Waals surface area (Å²) in [4.78, 5) is 9.87. The summed E-state index contributed by atoms with van der Waals surface area (Å²) >= 11 is 3.62. The van der Waals surface area contributed by atoms with Crippen LogP contribution in [0.25, 0.3) is 0 Å². The molecule has 0 amide bonds. The molecule has 2 aromatic heterocycles. The van der Waals surface area contributed by atoms with E-state index >= 15 is 0 Å². The normalized spacial score (nSPS) is 11.6. The van der Waals surface area contributed by atoms with Crippen LogP contribution < -0.4 is 10.2 Å². The molecule has 1 N–H and O–H groups in total. The van der Waals surface area contributed by atoms with Crippen molar-refractivity contribution in [2.24, 2.45) is 0 Å². The molecule has 116 valence electrons. The fraction of sp³-hybridized carbons (Fsp3) is 0.562. The summed E-state index contributed by atoms with van der Waals surface area (Å²) in [5.41, 5.74) is 1.24. The molecule has 0 saturated heterocycles. The SMILES string of the molecule is CC(C)NCc1sc(N(C)Cc2cccs2)nc1C(C)C. The van der Waals surface area contributed by atoms with Crippen molar-refractivity contribution in [1.82, 2.24) is 10.3 Å². The Balaban J connectivity index is 2.13. The van der Waals surface area contributed by atoms with Crippen LogP contribution in [0, 0.1) is 0 Å². The zero-order valence-corrected chi connectivity index (χ0v) is 15.1. The van der Waals surface area contributed by atoms with Gasteiger partial charge in [0, 0.05) is 29.4 Å². The monoisotopic (exact) mass is 323 g/mol. The third-order valence-corrected chi connectivity index (χ3v) is 5.28. The molecule has 0 atom stereocenters. The highest BCUT2D eigenvalue weighted by molar-refractivity contribution is 7.15. The van der Waals surface area contributed by atoms with Crippen LogP contribution in [0.5, 0.6) is 0 Å². The van der Waals surface area contributed by atoms with Gasteiger partial charge in [-0.15, -0.1) is 22.7 Å². The number of thiophene rings is 1. The highest BCUT2D eigenvalue weighted by Gasteiger charge is 2.17. The minimum absolute atomic E-state index is 0.467. The maximum absolute atomic E-state index is 4.88. The number of thiazole rings is 1. The van der Waals surface area contributed by atoms with Crippen molar-refractivity contribution >= 4 is 27.8 Å². The Kier molecular flexibility index (Phi) is 5.79. The van der Waals surface area contributed by atoms with Crippen molar-refractivity contribution in [3.63, 3.8) is 0 Å². The van der Waals surface area contributed by atoms with Crippen LogP contribution in [0.3, 0.4) is 0 Å². The third kappa shape index (κ3) is 4.53. The van der Waals surface area contributed by atoms with Gasteiger partial charge in [0.2, 0.25) is 0 Å². The van der Waals surface area contributed by atoms with Gasteiger partial charge in [-0.3, -0.25) is 0 Å². The fourth-order valence-corrected chi connectivity index (χ4v) is 3.98. The third-order valence-electron chi connectivity index (χ3n) is 3.23. The van der Waals surface area contributed by atoms with E-state index in [1.54, 1.807) is 11.3 Å². The molecule has 0 unspecified atom stereocenters. The van der Waals surface area contributed by atoms with E-state index in [1.165, 1.54) is 15.4 Å². The minimum atomic E-state index is 0.467. The molecular weight excluding hydrogens is 298 g/mol. The Labute approximate surface area is 136 Å². The first kappa shape index (κ1) is 16.5. The molecule has 2 heterocycles. The molecule has 0 radical (unpaired) electrons. The van der Waals surface area contributed by atoms with Crippen LogP contribution in [0.15, 0.2) is 17.5 Å². The molecule has 0 saturated carbocycles. The lowest BCUT2D eigenvalue weighted by Crippen LogP contribution is -2.22. The van der Waals surface area contributed by atoms with Gasteiger partial charge >= 0.3 is 0 Å². The molecule has 0 aromatic carbocycles. The first-order valence-corrected chi connectivity index (χ1v) is 9.13. The van der Waals surface area contributed by atoms with Crippen LogP contribution in [0.1, 0.15) is 49.1 Å². The van der Waals surface area contributed by atoms with Crippen LogP contribution in [-0.4, -0.2) is 18.1 Å². The predicted molar refractivity (Wildman–Crippen MR) is 94.6 cm³/mol. The summed E-state index contributed by atoms with van der Waals surface area (Å²) in [7, 11) is 2.13. The van der Waals surface area contributed by atoms with E-state index in [0.29, 0.717) is 12.0 Å². The molecule has 21 heavy (non-hydrogen) atoms. The molecule has 2 aromatic rings. The molecule has 0 aliphatic carbocycles. The van der Waals surface area contributed by atoms with E-state index in [1.807, 2.05) is 11.3 Å². The topological polar surface area (TPSA) is 28.2 Å². The summed E-state index contributed by atoms with van der Waals surface area (Å²) in [5, 5.41) is 6.75. The standard InChI is InChI=1S/C16H25N3S2/c1-11(2)15-14(9-17-12(3)4)21-16(18-15)19(5)10-13-7-6-8-20-13/h6-8,11-12,17H,9-10H2,1-5H3. The van der Waals surface area contributed by atoms with Crippen LogP contribution in [0.4, 0.5) is 5.13 Å². The lowest BCUT2D eigenvalue weighted by Gasteiger charge is -2.14. The van der Waals surface area contributed by atoms with Gasteiger partial charge in [0.05, 0.1) is 12.2 Å². The van der Waals surface area contributed by atoms with Gasteiger partial charge in [-0.1, -0.05) is 33.8 Å². The van der Waals surface area contributed by atoms with Crippen LogP contribution >= 0.6 is 22.7 Å². The lowest BCUT2D eigenvalue weighted by atomic mass is 10.1. The van der Waals surface area contributed by atoms with Crippen molar-refractivity contribution in [2.45, 2.75) is 52.7 Å². The molecule has 0 aliphatic rings. The van der Waals surface area contributed by atoms with Gasteiger partial charge in [-0.2, -0.15) is 0 Å². The number of nitrogens with one attached hydrogen (secondary N) is 1. The first-order valence-electron chi connectivity index (χ1n) is 7.44. The van der Waals surface area contributed by atoms with Gasteiger partial charge in [-0.05, 0) is 17.4 Å². The number of aromatic nitrogens is 1. The zero-order chi connectivity index (χ0) is 15.4. The number of nitrogens with zero attached hydrogens (tertiary/aromatic N) is 2. The second-order valence-corrected chi connectivity index (χ2v) is 8.02. The van der Waals surface area contributed by atoms with Crippen molar-refractivity contribution in [3.05, 3.63) is 33.0 Å². The predicted octanol–water partition coefficient (Wildman–Crippen LogP) is 4.46. The molecule has 3 nitrogen and oxygen atoms in total. The number of hydrogen-bond acceptors (Lipinski definition) is 5.